The first kappa shape index (κ1) is 19.4. The van der Waals surface area contributed by atoms with Crippen LogP contribution in [0.3, 0.4) is 0 Å². The van der Waals surface area contributed by atoms with E-state index in [1.165, 1.54) is 13.8 Å². The van der Waals surface area contributed by atoms with Crippen LogP contribution in [0.25, 0.3) is 0 Å². The molecule has 0 aliphatic heterocycles. The van der Waals surface area contributed by atoms with Crippen molar-refractivity contribution in [2.45, 2.75) is 33.8 Å². The number of carbonyl (C=O) groups is 3. The molecule has 6 nitrogen and oxygen atoms in total. The normalized spacial score (nSPS) is 11.8. The zero-order chi connectivity index (χ0) is 19.6. The van der Waals surface area contributed by atoms with Crippen molar-refractivity contribution in [3.05, 3.63) is 52.3 Å². The summed E-state index contributed by atoms with van der Waals surface area (Å²) in [6, 6.07) is 6.93. The number of esters is 1. The number of hydrogen-bond acceptors (Lipinski definition) is 5. The van der Waals surface area contributed by atoms with Crippen LogP contribution in [0, 0.1) is 13.8 Å². The highest BCUT2D eigenvalue weighted by molar-refractivity contribution is 6.05. The lowest BCUT2D eigenvalue weighted by molar-refractivity contribution is 0.0317. The summed E-state index contributed by atoms with van der Waals surface area (Å²) < 4.78 is 5.31. The molecule has 0 radical (unpaired) electrons. The minimum Gasteiger partial charge on any atom is -0.451 e. The van der Waals surface area contributed by atoms with Gasteiger partial charge in [-0.25, -0.2) is 4.79 Å². The maximum atomic E-state index is 12.6. The molecule has 1 aromatic heterocycles. The molecule has 2 aromatic rings. The Hall–Kier alpha value is -2.89. The second-order valence-electron chi connectivity index (χ2n) is 6.53. The number of nitrogens with zero attached hydrogens (tertiary/aromatic N) is 1. The number of carbonyl (C=O) groups excluding carboxylic acids is 3. The summed E-state index contributed by atoms with van der Waals surface area (Å²) in [6.07, 6.45) is -0.965. The number of nitrogens with one attached hydrogen (secondary N) is 1. The largest absolute Gasteiger partial charge is 0.451 e. The Morgan fingerprint density at radius 1 is 1.08 bits per heavy atom. The van der Waals surface area contributed by atoms with Gasteiger partial charge in [0.1, 0.15) is 0 Å². The molecule has 0 amide bonds. The fraction of sp³-hybridized carbons (Fsp3) is 0.350. The number of aromatic amines is 1. The van der Waals surface area contributed by atoms with Crippen molar-refractivity contribution in [3.8, 4) is 0 Å². The number of aryl methyl sites for hydroxylation is 1. The third kappa shape index (κ3) is 3.85. The van der Waals surface area contributed by atoms with E-state index in [1.54, 1.807) is 38.1 Å². The van der Waals surface area contributed by atoms with Crippen molar-refractivity contribution < 1.29 is 19.1 Å². The van der Waals surface area contributed by atoms with Crippen molar-refractivity contribution in [2.75, 3.05) is 19.0 Å². The molecular weight excluding hydrogens is 332 g/mol. The number of Topliss-reactive ketones (excluding diaryl/α,β-unsaturated/α-hetero) is 2. The molecule has 0 saturated heterocycles. The Labute approximate surface area is 153 Å². The minimum absolute atomic E-state index is 0.110. The third-order valence-corrected chi connectivity index (χ3v) is 4.31. The Balaban J connectivity index is 2.15. The van der Waals surface area contributed by atoms with Gasteiger partial charge in [0, 0.05) is 31.0 Å². The van der Waals surface area contributed by atoms with Crippen molar-refractivity contribution in [1.29, 1.82) is 0 Å². The summed E-state index contributed by atoms with van der Waals surface area (Å²) in [5.74, 6) is -1.04. The SMILES string of the molecule is CC(=O)c1c(C)[nH]c(C(=O)[C@H](C)OC(=O)c2ccc(N(C)C)cc2)c1C. The van der Waals surface area contributed by atoms with E-state index >= 15 is 0 Å². The van der Waals surface area contributed by atoms with Gasteiger partial charge >= 0.3 is 5.97 Å². The number of benzene rings is 1. The van der Waals surface area contributed by atoms with Crippen LogP contribution in [-0.4, -0.2) is 42.7 Å². The fourth-order valence-corrected chi connectivity index (χ4v) is 2.91. The van der Waals surface area contributed by atoms with Gasteiger partial charge in [0.05, 0.1) is 11.3 Å². The Bertz CT molecular complexity index is 847. The lowest BCUT2D eigenvalue weighted by Gasteiger charge is -2.14. The van der Waals surface area contributed by atoms with Crippen LogP contribution in [0.15, 0.2) is 24.3 Å². The van der Waals surface area contributed by atoms with Crippen molar-refractivity contribution in [1.82, 2.24) is 4.98 Å². The molecule has 1 atom stereocenters. The first-order valence-electron chi connectivity index (χ1n) is 8.36. The second-order valence-corrected chi connectivity index (χ2v) is 6.53. The Kier molecular flexibility index (Phi) is 5.65. The van der Waals surface area contributed by atoms with E-state index in [0.29, 0.717) is 28.1 Å². The van der Waals surface area contributed by atoms with E-state index in [0.717, 1.165) is 5.69 Å². The van der Waals surface area contributed by atoms with Crippen molar-refractivity contribution in [3.63, 3.8) is 0 Å². The predicted molar refractivity (Wildman–Crippen MR) is 100 cm³/mol. The van der Waals surface area contributed by atoms with Gasteiger partial charge in [0.15, 0.2) is 11.9 Å². The molecule has 0 unspecified atom stereocenters. The van der Waals surface area contributed by atoms with Crippen LogP contribution < -0.4 is 4.90 Å². The van der Waals surface area contributed by atoms with Gasteiger partial charge in [-0.05, 0) is 57.5 Å². The molecule has 138 valence electrons. The van der Waals surface area contributed by atoms with Crippen LogP contribution in [0.2, 0.25) is 0 Å². The van der Waals surface area contributed by atoms with Crippen LogP contribution >= 0.6 is 0 Å². The van der Waals surface area contributed by atoms with E-state index in [-0.39, 0.29) is 11.6 Å². The number of rotatable bonds is 6. The lowest BCUT2D eigenvalue weighted by atomic mass is 10.0. The minimum atomic E-state index is -0.965. The van der Waals surface area contributed by atoms with Crippen molar-refractivity contribution >= 4 is 23.2 Å². The van der Waals surface area contributed by atoms with E-state index < -0.39 is 12.1 Å². The molecule has 6 heteroatoms. The van der Waals surface area contributed by atoms with Crippen molar-refractivity contribution in [2.24, 2.45) is 0 Å². The molecule has 0 saturated carbocycles. The lowest BCUT2D eigenvalue weighted by Crippen LogP contribution is -2.25. The zero-order valence-corrected chi connectivity index (χ0v) is 16.0. The Morgan fingerprint density at radius 2 is 1.65 bits per heavy atom. The fourth-order valence-electron chi connectivity index (χ4n) is 2.91. The molecule has 26 heavy (non-hydrogen) atoms. The van der Waals surface area contributed by atoms with E-state index in [4.69, 9.17) is 4.74 Å². The smallest absolute Gasteiger partial charge is 0.338 e. The van der Waals surface area contributed by atoms with Gasteiger partial charge in [-0.3, -0.25) is 9.59 Å². The van der Waals surface area contributed by atoms with Gasteiger partial charge in [-0.15, -0.1) is 0 Å². The van der Waals surface area contributed by atoms with E-state index in [1.807, 2.05) is 19.0 Å². The molecule has 2 rings (SSSR count). The van der Waals surface area contributed by atoms with E-state index in [9.17, 15) is 14.4 Å². The number of ether oxygens (including phenoxy) is 1. The van der Waals surface area contributed by atoms with Crippen LogP contribution in [0.4, 0.5) is 5.69 Å². The van der Waals surface area contributed by atoms with Crippen LogP contribution in [0.5, 0.6) is 0 Å². The molecule has 1 aromatic carbocycles. The summed E-state index contributed by atoms with van der Waals surface area (Å²) in [7, 11) is 3.81. The quantitative estimate of drug-likeness (QED) is 0.634. The maximum absolute atomic E-state index is 12.6. The number of anilines is 1. The summed E-state index contributed by atoms with van der Waals surface area (Å²) >= 11 is 0. The topological polar surface area (TPSA) is 79.5 Å². The van der Waals surface area contributed by atoms with Gasteiger partial charge in [-0.1, -0.05) is 0 Å². The molecule has 0 bridgehead atoms. The number of hydrogen-bond donors (Lipinski definition) is 1. The highest BCUT2D eigenvalue weighted by Crippen LogP contribution is 2.21. The molecule has 0 aliphatic carbocycles. The molecule has 1 N–H and O–H groups in total. The molecule has 0 spiro atoms. The van der Waals surface area contributed by atoms with Gasteiger partial charge in [-0.2, -0.15) is 0 Å². The molecular formula is C20H24N2O4. The monoisotopic (exact) mass is 356 g/mol. The molecule has 1 heterocycles. The number of ketones is 2. The van der Waals surface area contributed by atoms with Gasteiger partial charge in [0.25, 0.3) is 0 Å². The summed E-state index contributed by atoms with van der Waals surface area (Å²) in [6.45, 7) is 6.43. The summed E-state index contributed by atoms with van der Waals surface area (Å²) in [4.78, 5) is 41.5. The number of aromatic nitrogens is 1. The van der Waals surface area contributed by atoms with E-state index in [2.05, 4.69) is 4.98 Å². The standard InChI is InChI=1S/C20H24N2O4/c1-11-17(13(3)23)12(2)21-18(11)19(24)14(4)26-20(25)15-7-9-16(10-8-15)22(5)6/h7-10,14,21H,1-6H3/t14-/m0/s1. The Morgan fingerprint density at radius 3 is 2.12 bits per heavy atom. The predicted octanol–water partition coefficient (Wildman–Crippen LogP) is 3.33. The summed E-state index contributed by atoms with van der Waals surface area (Å²) in [5, 5.41) is 0. The van der Waals surface area contributed by atoms with Gasteiger partial charge in [0.2, 0.25) is 5.78 Å². The molecule has 0 fully saturated rings. The highest BCUT2D eigenvalue weighted by Gasteiger charge is 2.26. The van der Waals surface area contributed by atoms with Gasteiger partial charge < -0.3 is 14.6 Å². The average Bonchev–Trinajstić information content (AvgIpc) is 2.88. The second kappa shape index (κ2) is 7.56. The summed E-state index contributed by atoms with van der Waals surface area (Å²) in [5.41, 5.74) is 3.36. The maximum Gasteiger partial charge on any atom is 0.338 e. The van der Waals surface area contributed by atoms with Crippen LogP contribution in [-0.2, 0) is 4.74 Å². The first-order valence-corrected chi connectivity index (χ1v) is 8.36. The molecule has 0 aliphatic rings. The third-order valence-electron chi connectivity index (χ3n) is 4.31. The van der Waals surface area contributed by atoms with Crippen LogP contribution in [0.1, 0.15) is 56.3 Å². The number of H-pyrrole nitrogens is 1. The zero-order valence-electron chi connectivity index (χ0n) is 16.0. The average molecular weight is 356 g/mol. The highest BCUT2D eigenvalue weighted by atomic mass is 16.5. The first-order chi connectivity index (χ1) is 12.1.